The molecule has 0 aliphatic carbocycles. The van der Waals surface area contributed by atoms with Crippen molar-refractivity contribution in [1.82, 2.24) is 19.4 Å². The van der Waals surface area contributed by atoms with Crippen molar-refractivity contribution in [3.8, 4) is 11.7 Å². The number of hydrogen-bond acceptors (Lipinski definition) is 5. The van der Waals surface area contributed by atoms with Gasteiger partial charge in [-0.3, -0.25) is 9.47 Å². The number of nitrogens with zero attached hydrogens (tertiary/aromatic N) is 4. The Bertz CT molecular complexity index is 1180. The van der Waals surface area contributed by atoms with Gasteiger partial charge in [0, 0.05) is 56.1 Å². The van der Waals surface area contributed by atoms with Crippen LogP contribution in [0.3, 0.4) is 0 Å². The summed E-state index contributed by atoms with van der Waals surface area (Å²) in [6, 6.07) is 22.8. The molecule has 168 valence electrons. The molecule has 0 radical (unpaired) electrons. The summed E-state index contributed by atoms with van der Waals surface area (Å²) in [5, 5.41) is 0. The Kier molecular flexibility index (Phi) is 6.46. The first-order valence-electron chi connectivity index (χ1n) is 11.4. The van der Waals surface area contributed by atoms with Crippen molar-refractivity contribution in [2.45, 2.75) is 26.1 Å². The van der Waals surface area contributed by atoms with E-state index in [1.807, 2.05) is 35.9 Å². The molecular formula is C27H28N4O2. The van der Waals surface area contributed by atoms with Crippen molar-refractivity contribution in [2.24, 2.45) is 0 Å². The smallest absolute Gasteiger partial charge is 0.233 e. The number of rotatable bonds is 7. The molecule has 1 aliphatic heterocycles. The minimum absolute atomic E-state index is 0.0920. The predicted octanol–water partition coefficient (Wildman–Crippen LogP) is 4.79. The number of aromatic nitrogens is 3. The quantitative estimate of drug-likeness (QED) is 0.414. The molecule has 33 heavy (non-hydrogen) atoms. The van der Waals surface area contributed by atoms with Crippen molar-refractivity contribution in [2.75, 3.05) is 19.8 Å². The van der Waals surface area contributed by atoms with Gasteiger partial charge in [-0.25, -0.2) is 9.97 Å². The second-order valence-corrected chi connectivity index (χ2v) is 8.09. The number of ether oxygens (including phenoxy) is 2. The standard InChI is InChI=1S/C27H28N4O2/c1-2-32-26(21-8-4-3-5-9-21)22-11-12-25-23(18-22)19-30(16-17-33-25)20-24-10-6-15-31(24)27-28-13-7-14-29-27/h3-15,18,26H,2,16-17,19-20H2,1H3. The van der Waals surface area contributed by atoms with Crippen LogP contribution in [-0.4, -0.2) is 39.2 Å². The summed E-state index contributed by atoms with van der Waals surface area (Å²) in [6.45, 7) is 5.78. The highest BCUT2D eigenvalue weighted by molar-refractivity contribution is 5.41. The largest absolute Gasteiger partial charge is 0.492 e. The first kappa shape index (κ1) is 21.4. The van der Waals surface area contributed by atoms with Crippen LogP contribution in [0.2, 0.25) is 0 Å². The molecule has 0 N–H and O–H groups in total. The lowest BCUT2D eigenvalue weighted by atomic mass is 9.98. The van der Waals surface area contributed by atoms with E-state index in [2.05, 4.69) is 63.4 Å². The highest BCUT2D eigenvalue weighted by Crippen LogP contribution is 2.32. The molecule has 0 fully saturated rings. The predicted molar refractivity (Wildman–Crippen MR) is 127 cm³/mol. The maximum Gasteiger partial charge on any atom is 0.233 e. The van der Waals surface area contributed by atoms with E-state index < -0.39 is 0 Å². The molecule has 1 aliphatic rings. The highest BCUT2D eigenvalue weighted by Gasteiger charge is 2.21. The van der Waals surface area contributed by atoms with Gasteiger partial charge in [0.2, 0.25) is 5.95 Å². The van der Waals surface area contributed by atoms with Crippen LogP contribution in [0.5, 0.6) is 5.75 Å². The van der Waals surface area contributed by atoms with E-state index in [9.17, 15) is 0 Å². The molecule has 5 rings (SSSR count). The molecule has 0 bridgehead atoms. The molecule has 6 nitrogen and oxygen atoms in total. The van der Waals surface area contributed by atoms with Gasteiger partial charge in [0.1, 0.15) is 18.5 Å². The lowest BCUT2D eigenvalue weighted by Crippen LogP contribution is -2.26. The van der Waals surface area contributed by atoms with Crippen LogP contribution in [0.1, 0.15) is 35.4 Å². The van der Waals surface area contributed by atoms with Gasteiger partial charge in [-0.05, 0) is 48.4 Å². The zero-order valence-corrected chi connectivity index (χ0v) is 18.8. The molecule has 1 unspecified atom stereocenters. The molecular weight excluding hydrogens is 412 g/mol. The third-order valence-electron chi connectivity index (χ3n) is 5.87. The van der Waals surface area contributed by atoms with Gasteiger partial charge < -0.3 is 9.47 Å². The van der Waals surface area contributed by atoms with E-state index in [1.165, 1.54) is 5.56 Å². The average Bonchev–Trinajstić information content (AvgIpc) is 3.22. The highest BCUT2D eigenvalue weighted by atomic mass is 16.5. The van der Waals surface area contributed by atoms with Crippen molar-refractivity contribution in [3.63, 3.8) is 0 Å². The molecule has 0 saturated heterocycles. The van der Waals surface area contributed by atoms with Crippen molar-refractivity contribution < 1.29 is 9.47 Å². The van der Waals surface area contributed by atoms with Crippen molar-refractivity contribution in [1.29, 1.82) is 0 Å². The minimum Gasteiger partial charge on any atom is -0.492 e. The molecule has 2 aromatic carbocycles. The lowest BCUT2D eigenvalue weighted by Gasteiger charge is -2.22. The maximum atomic E-state index is 6.14. The Hall–Kier alpha value is -3.48. The molecule has 2 aromatic heterocycles. The first-order valence-corrected chi connectivity index (χ1v) is 11.4. The molecule has 0 saturated carbocycles. The first-order chi connectivity index (χ1) is 16.3. The van der Waals surface area contributed by atoms with Gasteiger partial charge >= 0.3 is 0 Å². The summed E-state index contributed by atoms with van der Waals surface area (Å²) in [4.78, 5) is 11.2. The Morgan fingerprint density at radius 1 is 0.970 bits per heavy atom. The van der Waals surface area contributed by atoms with E-state index in [0.29, 0.717) is 19.2 Å². The third-order valence-corrected chi connectivity index (χ3v) is 5.87. The zero-order valence-electron chi connectivity index (χ0n) is 18.8. The van der Waals surface area contributed by atoms with E-state index in [0.717, 1.165) is 42.2 Å². The summed E-state index contributed by atoms with van der Waals surface area (Å²) < 4.78 is 14.3. The van der Waals surface area contributed by atoms with Crippen LogP contribution < -0.4 is 4.74 Å². The minimum atomic E-state index is -0.0920. The normalized spacial score (nSPS) is 14.8. The number of hydrogen-bond donors (Lipinski definition) is 0. The zero-order chi connectivity index (χ0) is 22.5. The fourth-order valence-electron chi connectivity index (χ4n) is 4.33. The van der Waals surface area contributed by atoms with Crippen LogP contribution in [0.15, 0.2) is 85.3 Å². The monoisotopic (exact) mass is 440 g/mol. The lowest BCUT2D eigenvalue weighted by molar-refractivity contribution is 0.0912. The van der Waals surface area contributed by atoms with Crippen molar-refractivity contribution in [3.05, 3.63) is 108 Å². The fraction of sp³-hybridized carbons (Fsp3) is 0.259. The van der Waals surface area contributed by atoms with Crippen LogP contribution in [-0.2, 0) is 17.8 Å². The maximum absolute atomic E-state index is 6.14. The second-order valence-electron chi connectivity index (χ2n) is 8.09. The molecule has 4 aromatic rings. The SMILES string of the molecule is CCOC(c1ccccc1)c1ccc2c(c1)CN(Cc1cccn1-c1ncccn1)CCO2. The number of fused-ring (bicyclic) bond motifs is 1. The topological polar surface area (TPSA) is 52.4 Å². The Morgan fingerprint density at radius 3 is 2.64 bits per heavy atom. The molecule has 0 amide bonds. The fourth-order valence-corrected chi connectivity index (χ4v) is 4.33. The van der Waals surface area contributed by atoms with Crippen LogP contribution in [0.25, 0.3) is 5.95 Å². The molecule has 1 atom stereocenters. The summed E-state index contributed by atoms with van der Waals surface area (Å²) in [6.07, 6.45) is 5.46. The van der Waals surface area contributed by atoms with E-state index >= 15 is 0 Å². The van der Waals surface area contributed by atoms with Crippen LogP contribution in [0, 0.1) is 0 Å². The average molecular weight is 441 g/mol. The van der Waals surface area contributed by atoms with Gasteiger partial charge in [0.05, 0.1) is 0 Å². The van der Waals surface area contributed by atoms with Crippen LogP contribution >= 0.6 is 0 Å². The van der Waals surface area contributed by atoms with Gasteiger partial charge in [-0.15, -0.1) is 0 Å². The van der Waals surface area contributed by atoms with E-state index in [4.69, 9.17) is 9.47 Å². The van der Waals surface area contributed by atoms with Gasteiger partial charge in [0.25, 0.3) is 0 Å². The Morgan fingerprint density at radius 2 is 1.82 bits per heavy atom. The summed E-state index contributed by atoms with van der Waals surface area (Å²) in [7, 11) is 0. The number of benzene rings is 2. The van der Waals surface area contributed by atoms with E-state index in [-0.39, 0.29) is 6.10 Å². The van der Waals surface area contributed by atoms with Gasteiger partial charge in [-0.2, -0.15) is 0 Å². The Balaban J connectivity index is 1.39. The van der Waals surface area contributed by atoms with Crippen LogP contribution in [0.4, 0.5) is 0 Å². The summed E-state index contributed by atoms with van der Waals surface area (Å²) in [5.41, 5.74) is 4.64. The molecule has 6 heteroatoms. The second kappa shape index (κ2) is 9.98. The Labute approximate surface area is 194 Å². The van der Waals surface area contributed by atoms with Crippen molar-refractivity contribution >= 4 is 0 Å². The van der Waals surface area contributed by atoms with Gasteiger partial charge in [0.15, 0.2) is 0 Å². The van der Waals surface area contributed by atoms with E-state index in [1.54, 1.807) is 12.4 Å². The molecule has 3 heterocycles. The third kappa shape index (κ3) is 4.82. The van der Waals surface area contributed by atoms with Gasteiger partial charge in [-0.1, -0.05) is 36.4 Å². The summed E-state index contributed by atoms with van der Waals surface area (Å²) >= 11 is 0. The molecule has 0 spiro atoms. The summed E-state index contributed by atoms with van der Waals surface area (Å²) in [5.74, 6) is 1.64.